The molecule has 3 aromatic carbocycles. The summed E-state index contributed by atoms with van der Waals surface area (Å²) in [4.78, 5) is 14.2. The van der Waals surface area contributed by atoms with E-state index in [1.54, 1.807) is 48.5 Å². The van der Waals surface area contributed by atoms with E-state index in [1.807, 2.05) is 19.1 Å². The number of anilines is 1. The first kappa shape index (κ1) is 23.1. The maximum atomic E-state index is 13.6. The molecule has 170 valence electrons. The van der Waals surface area contributed by atoms with Gasteiger partial charge < -0.3 is 5.11 Å². The summed E-state index contributed by atoms with van der Waals surface area (Å²) in [5.74, 6) is -1.24. The van der Waals surface area contributed by atoms with E-state index in [0.29, 0.717) is 22.2 Å². The minimum Gasteiger partial charge on any atom is -0.502 e. The van der Waals surface area contributed by atoms with Crippen LogP contribution in [0.4, 0.5) is 5.69 Å². The smallest absolute Gasteiger partial charge is 0.295 e. The van der Waals surface area contributed by atoms with Crippen LogP contribution in [0.3, 0.4) is 0 Å². The largest absolute Gasteiger partial charge is 0.502 e. The lowest BCUT2D eigenvalue weighted by Crippen LogP contribution is -2.31. The van der Waals surface area contributed by atoms with Gasteiger partial charge in [-0.05, 0) is 60.4 Å². The summed E-state index contributed by atoms with van der Waals surface area (Å²) in [6, 6.07) is 19.2. The monoisotopic (exact) mass is 481 g/mol. The average molecular weight is 482 g/mol. The van der Waals surface area contributed by atoms with Crippen molar-refractivity contribution in [2.24, 2.45) is 0 Å². The van der Waals surface area contributed by atoms with Gasteiger partial charge in [0.25, 0.3) is 5.91 Å². The first-order valence-electron chi connectivity index (χ1n) is 10.5. The number of halogens is 1. The third-order valence-corrected chi connectivity index (χ3v) is 7.95. The number of aryl methyl sites for hydroxylation is 1. The highest BCUT2D eigenvalue weighted by Crippen LogP contribution is 2.45. The molecule has 1 atom stereocenters. The Morgan fingerprint density at radius 2 is 1.48 bits per heavy atom. The van der Waals surface area contributed by atoms with Crippen molar-refractivity contribution in [1.82, 2.24) is 0 Å². The van der Waals surface area contributed by atoms with Crippen LogP contribution in [0.15, 0.2) is 88.4 Å². The van der Waals surface area contributed by atoms with Gasteiger partial charge in [-0.3, -0.25) is 9.69 Å². The first-order chi connectivity index (χ1) is 15.6. The summed E-state index contributed by atoms with van der Waals surface area (Å²) in [6.45, 7) is 5.98. The molecule has 0 aliphatic carbocycles. The van der Waals surface area contributed by atoms with Crippen LogP contribution in [0.1, 0.15) is 42.5 Å². The molecular formula is C26H24ClNO4S. The predicted molar refractivity (Wildman–Crippen MR) is 130 cm³/mol. The van der Waals surface area contributed by atoms with Crippen LogP contribution in [0.25, 0.3) is 0 Å². The van der Waals surface area contributed by atoms with Crippen molar-refractivity contribution in [3.05, 3.63) is 105 Å². The van der Waals surface area contributed by atoms with Gasteiger partial charge in [0, 0.05) is 10.7 Å². The molecule has 0 spiro atoms. The van der Waals surface area contributed by atoms with Crippen LogP contribution >= 0.6 is 11.6 Å². The van der Waals surface area contributed by atoms with Gasteiger partial charge >= 0.3 is 0 Å². The van der Waals surface area contributed by atoms with Crippen molar-refractivity contribution in [2.75, 3.05) is 4.90 Å². The lowest BCUT2D eigenvalue weighted by molar-refractivity contribution is -0.117. The quantitative estimate of drug-likeness (QED) is 0.477. The molecule has 0 aromatic heterocycles. The molecule has 3 aromatic rings. The molecular weight excluding hydrogens is 458 g/mol. The zero-order valence-corrected chi connectivity index (χ0v) is 20.1. The summed E-state index contributed by atoms with van der Waals surface area (Å²) < 4.78 is 27.3. The molecule has 1 heterocycles. The van der Waals surface area contributed by atoms with Crippen molar-refractivity contribution >= 4 is 33.0 Å². The zero-order chi connectivity index (χ0) is 23.9. The van der Waals surface area contributed by atoms with Gasteiger partial charge in [-0.25, -0.2) is 8.42 Å². The fourth-order valence-corrected chi connectivity index (χ4v) is 5.69. The van der Waals surface area contributed by atoms with Gasteiger partial charge in [0.15, 0.2) is 5.76 Å². The van der Waals surface area contributed by atoms with E-state index in [4.69, 9.17) is 11.6 Å². The SMILES string of the molecule is Cc1ccc(S(=O)(=O)C2=C(O)C(=O)N(c3ccc(C(C)C)cc3)C2c2ccc(Cl)cc2)cc1. The maximum absolute atomic E-state index is 13.6. The Hall–Kier alpha value is -3.09. The summed E-state index contributed by atoms with van der Waals surface area (Å²) in [5, 5.41) is 11.3. The lowest BCUT2D eigenvalue weighted by atomic mass is 10.0. The molecule has 1 aliphatic rings. The Labute approximate surface area is 198 Å². The summed E-state index contributed by atoms with van der Waals surface area (Å²) in [7, 11) is -4.17. The van der Waals surface area contributed by atoms with Crippen LogP contribution in [-0.4, -0.2) is 19.4 Å². The van der Waals surface area contributed by atoms with E-state index in [1.165, 1.54) is 17.0 Å². The topological polar surface area (TPSA) is 74.7 Å². The highest BCUT2D eigenvalue weighted by Gasteiger charge is 2.47. The van der Waals surface area contributed by atoms with Crippen molar-refractivity contribution in [3.63, 3.8) is 0 Å². The third-order valence-electron chi connectivity index (χ3n) is 5.81. The van der Waals surface area contributed by atoms with E-state index in [0.717, 1.165) is 11.1 Å². The second-order valence-corrected chi connectivity index (χ2v) is 10.8. The number of amides is 1. The van der Waals surface area contributed by atoms with Crippen molar-refractivity contribution in [1.29, 1.82) is 0 Å². The van der Waals surface area contributed by atoms with E-state index >= 15 is 0 Å². The maximum Gasteiger partial charge on any atom is 0.295 e. The van der Waals surface area contributed by atoms with Crippen molar-refractivity contribution < 1.29 is 18.3 Å². The number of aliphatic hydroxyl groups excluding tert-OH is 1. The Morgan fingerprint density at radius 1 is 0.909 bits per heavy atom. The summed E-state index contributed by atoms with van der Waals surface area (Å²) in [6.07, 6.45) is 0. The number of hydrogen-bond donors (Lipinski definition) is 1. The molecule has 5 nitrogen and oxygen atoms in total. The second kappa shape index (κ2) is 8.69. The number of benzene rings is 3. The Balaban J connectivity index is 1.90. The number of rotatable bonds is 5. The van der Waals surface area contributed by atoms with Crippen LogP contribution in [0, 0.1) is 6.92 Å². The Kier molecular flexibility index (Phi) is 6.08. The number of hydrogen-bond acceptors (Lipinski definition) is 4. The first-order valence-corrected chi connectivity index (χ1v) is 12.4. The summed E-state index contributed by atoms with van der Waals surface area (Å²) >= 11 is 6.05. The van der Waals surface area contributed by atoms with Crippen LogP contribution in [0.5, 0.6) is 0 Å². The van der Waals surface area contributed by atoms with Crippen LogP contribution in [-0.2, 0) is 14.6 Å². The van der Waals surface area contributed by atoms with E-state index in [2.05, 4.69) is 13.8 Å². The van der Waals surface area contributed by atoms with E-state index in [-0.39, 0.29) is 9.80 Å². The second-order valence-electron chi connectivity index (χ2n) is 8.40. The Bertz CT molecular complexity index is 1330. The van der Waals surface area contributed by atoms with Crippen molar-refractivity contribution in [2.45, 2.75) is 37.6 Å². The molecule has 1 unspecified atom stereocenters. The highest BCUT2D eigenvalue weighted by atomic mass is 35.5. The molecule has 0 saturated carbocycles. The number of nitrogens with zero attached hydrogens (tertiary/aromatic N) is 1. The zero-order valence-electron chi connectivity index (χ0n) is 18.5. The normalized spacial score (nSPS) is 16.7. The molecule has 4 rings (SSSR count). The number of carbonyl (C=O) groups is 1. The number of sulfone groups is 1. The molecule has 0 fully saturated rings. The van der Waals surface area contributed by atoms with Gasteiger partial charge in [-0.15, -0.1) is 0 Å². The van der Waals surface area contributed by atoms with Crippen LogP contribution < -0.4 is 4.90 Å². The number of aliphatic hydroxyl groups is 1. The molecule has 1 amide bonds. The number of carbonyl (C=O) groups excluding carboxylic acids is 1. The van der Waals surface area contributed by atoms with E-state index in [9.17, 15) is 18.3 Å². The van der Waals surface area contributed by atoms with Gasteiger partial charge in [-0.2, -0.15) is 0 Å². The molecule has 0 radical (unpaired) electrons. The molecule has 0 bridgehead atoms. The molecule has 1 aliphatic heterocycles. The fraction of sp³-hybridized carbons (Fsp3) is 0.192. The van der Waals surface area contributed by atoms with Gasteiger partial charge in [0.2, 0.25) is 9.84 Å². The summed E-state index contributed by atoms with van der Waals surface area (Å²) in [5.41, 5.74) is 2.99. The molecule has 1 N–H and O–H groups in total. The van der Waals surface area contributed by atoms with E-state index < -0.39 is 27.5 Å². The van der Waals surface area contributed by atoms with Gasteiger partial charge in [0.05, 0.1) is 4.90 Å². The molecule has 7 heteroatoms. The minimum atomic E-state index is -4.17. The third kappa shape index (κ3) is 4.16. The fourth-order valence-electron chi connectivity index (χ4n) is 3.93. The molecule has 0 saturated heterocycles. The van der Waals surface area contributed by atoms with Crippen LogP contribution in [0.2, 0.25) is 5.02 Å². The molecule has 33 heavy (non-hydrogen) atoms. The van der Waals surface area contributed by atoms with Gasteiger partial charge in [0.1, 0.15) is 10.9 Å². The lowest BCUT2D eigenvalue weighted by Gasteiger charge is -2.27. The average Bonchev–Trinajstić information content (AvgIpc) is 3.06. The minimum absolute atomic E-state index is 0.0124. The Morgan fingerprint density at radius 3 is 2.03 bits per heavy atom. The standard InChI is InChI=1S/C26H24ClNO4S/c1-16(2)18-8-12-21(13-9-18)28-23(19-6-10-20(27)11-7-19)25(24(29)26(28)30)33(31,32)22-14-4-17(3)5-15-22/h4-16,23,29H,1-3H3. The highest BCUT2D eigenvalue weighted by molar-refractivity contribution is 7.95. The van der Waals surface area contributed by atoms with Crippen molar-refractivity contribution in [3.8, 4) is 0 Å². The predicted octanol–water partition coefficient (Wildman–Crippen LogP) is 6.10. The van der Waals surface area contributed by atoms with Gasteiger partial charge in [-0.1, -0.05) is 67.4 Å².